The van der Waals surface area contributed by atoms with Crippen LogP contribution >= 0.6 is 0 Å². The van der Waals surface area contributed by atoms with Crippen LogP contribution in [0.3, 0.4) is 0 Å². The lowest BCUT2D eigenvalue weighted by atomic mass is 9.89. The number of para-hydroxylation sites is 2. The monoisotopic (exact) mass is 307 g/mol. The summed E-state index contributed by atoms with van der Waals surface area (Å²) in [7, 11) is 0.537. The van der Waals surface area contributed by atoms with Crippen molar-refractivity contribution in [3.05, 3.63) is 24.3 Å². The number of anilines is 2. The SMILES string of the molecule is CN1C(=NS(C)(=O)=O)C2(CCCC2)N(C)c2ccccc21. The molecule has 0 radical (unpaired) electrons. The van der Waals surface area contributed by atoms with E-state index in [-0.39, 0.29) is 5.54 Å². The Kier molecular flexibility index (Phi) is 3.24. The van der Waals surface area contributed by atoms with Gasteiger partial charge < -0.3 is 9.80 Å². The van der Waals surface area contributed by atoms with Gasteiger partial charge in [-0.15, -0.1) is 4.40 Å². The zero-order valence-electron chi connectivity index (χ0n) is 12.7. The minimum absolute atomic E-state index is 0.299. The molecule has 21 heavy (non-hydrogen) atoms. The van der Waals surface area contributed by atoms with Crippen LogP contribution in [0.1, 0.15) is 25.7 Å². The molecule has 1 aromatic rings. The van der Waals surface area contributed by atoms with E-state index in [2.05, 4.69) is 22.4 Å². The molecule has 0 aromatic heterocycles. The highest BCUT2D eigenvalue weighted by molar-refractivity contribution is 7.89. The van der Waals surface area contributed by atoms with E-state index in [1.807, 2.05) is 30.1 Å². The van der Waals surface area contributed by atoms with E-state index in [1.54, 1.807) is 0 Å². The molecule has 0 saturated heterocycles. The van der Waals surface area contributed by atoms with E-state index in [9.17, 15) is 8.42 Å². The normalized spacial score (nSPS) is 22.9. The predicted molar refractivity (Wildman–Crippen MR) is 86.7 cm³/mol. The molecule has 6 heteroatoms. The van der Waals surface area contributed by atoms with E-state index >= 15 is 0 Å². The summed E-state index contributed by atoms with van der Waals surface area (Å²) in [5, 5.41) is 0. The fourth-order valence-corrected chi connectivity index (χ4v) is 4.27. The lowest BCUT2D eigenvalue weighted by Crippen LogP contribution is -2.60. The summed E-state index contributed by atoms with van der Waals surface area (Å²) in [4.78, 5) is 4.17. The molecule has 1 aliphatic heterocycles. The zero-order chi connectivity index (χ0) is 15.3. The Morgan fingerprint density at radius 3 is 2.24 bits per heavy atom. The first kappa shape index (κ1) is 14.4. The molecule has 1 saturated carbocycles. The first-order chi connectivity index (χ1) is 9.85. The maximum Gasteiger partial charge on any atom is 0.251 e. The van der Waals surface area contributed by atoms with Crippen LogP contribution in [-0.4, -0.2) is 40.1 Å². The molecule has 5 nitrogen and oxygen atoms in total. The Morgan fingerprint density at radius 2 is 1.67 bits per heavy atom. The number of nitrogens with zero attached hydrogens (tertiary/aromatic N) is 3. The van der Waals surface area contributed by atoms with Gasteiger partial charge in [-0.1, -0.05) is 25.0 Å². The van der Waals surface area contributed by atoms with Crippen molar-refractivity contribution in [2.24, 2.45) is 4.40 Å². The third-order valence-electron chi connectivity index (χ3n) is 4.66. The van der Waals surface area contributed by atoms with Gasteiger partial charge in [0, 0.05) is 14.1 Å². The molecule has 1 spiro atoms. The van der Waals surface area contributed by atoms with E-state index < -0.39 is 10.0 Å². The number of benzene rings is 1. The second-order valence-electron chi connectivity index (χ2n) is 5.99. The van der Waals surface area contributed by atoms with Crippen LogP contribution in [0, 0.1) is 0 Å². The van der Waals surface area contributed by atoms with Crippen molar-refractivity contribution in [3.8, 4) is 0 Å². The molecule has 114 valence electrons. The lowest BCUT2D eigenvalue weighted by Gasteiger charge is -2.49. The topological polar surface area (TPSA) is 53.0 Å². The summed E-state index contributed by atoms with van der Waals surface area (Å²) >= 11 is 0. The standard InChI is InChI=1S/C15H21N3O2S/c1-17-12-8-4-5-9-13(12)18(2)15(10-6-7-11-15)14(17)16-21(3,19)20/h4-5,8-9H,6-7,10-11H2,1-3H3. The highest BCUT2D eigenvalue weighted by Gasteiger charge is 2.49. The molecule has 0 bridgehead atoms. The van der Waals surface area contributed by atoms with Gasteiger partial charge in [-0.25, -0.2) is 8.42 Å². The van der Waals surface area contributed by atoms with Crippen LogP contribution in [-0.2, 0) is 10.0 Å². The molecule has 0 amide bonds. The van der Waals surface area contributed by atoms with Gasteiger partial charge in [0.2, 0.25) is 0 Å². The highest BCUT2D eigenvalue weighted by Crippen LogP contribution is 2.46. The molecule has 2 aliphatic rings. The van der Waals surface area contributed by atoms with Crippen molar-refractivity contribution in [2.75, 3.05) is 30.2 Å². The number of fused-ring (bicyclic) bond motifs is 1. The quantitative estimate of drug-likeness (QED) is 0.798. The summed E-state index contributed by atoms with van der Waals surface area (Å²) in [5.74, 6) is 0.656. The first-order valence-electron chi connectivity index (χ1n) is 7.22. The third kappa shape index (κ3) is 2.21. The molecule has 1 heterocycles. The van der Waals surface area contributed by atoms with Gasteiger partial charge in [0.15, 0.2) is 0 Å². The second kappa shape index (κ2) is 4.73. The number of amidine groups is 1. The predicted octanol–water partition coefficient (Wildman–Crippen LogP) is 2.24. The number of hydrogen-bond acceptors (Lipinski definition) is 3. The number of hydrogen-bond donors (Lipinski definition) is 0. The Bertz CT molecular complexity index is 691. The van der Waals surface area contributed by atoms with E-state index in [0.29, 0.717) is 5.84 Å². The van der Waals surface area contributed by atoms with Gasteiger partial charge in [0.05, 0.1) is 23.2 Å². The lowest BCUT2D eigenvalue weighted by molar-refractivity contribution is 0.534. The fraction of sp³-hybridized carbons (Fsp3) is 0.533. The smallest absolute Gasteiger partial charge is 0.251 e. The summed E-state index contributed by atoms with van der Waals surface area (Å²) in [6.45, 7) is 0. The molecule has 1 aliphatic carbocycles. The average Bonchev–Trinajstić information content (AvgIpc) is 2.91. The largest absolute Gasteiger partial charge is 0.360 e. The van der Waals surface area contributed by atoms with Gasteiger partial charge in [-0.2, -0.15) is 0 Å². The van der Waals surface area contributed by atoms with Gasteiger partial charge in [0.1, 0.15) is 5.84 Å². The van der Waals surface area contributed by atoms with Crippen molar-refractivity contribution in [2.45, 2.75) is 31.2 Å². The summed E-state index contributed by atoms with van der Waals surface area (Å²) in [5.41, 5.74) is 1.83. The van der Waals surface area contributed by atoms with Crippen LogP contribution in [0.15, 0.2) is 28.7 Å². The Balaban J connectivity index is 2.25. The van der Waals surface area contributed by atoms with E-state index in [4.69, 9.17) is 0 Å². The van der Waals surface area contributed by atoms with E-state index in [0.717, 1.165) is 43.3 Å². The summed E-state index contributed by atoms with van der Waals surface area (Å²) in [6, 6.07) is 8.08. The Morgan fingerprint density at radius 1 is 1.10 bits per heavy atom. The van der Waals surface area contributed by atoms with Gasteiger partial charge in [-0.05, 0) is 25.0 Å². The molecule has 0 unspecified atom stereocenters. The number of rotatable bonds is 1. The molecule has 1 fully saturated rings. The summed E-state index contributed by atoms with van der Waals surface area (Å²) in [6.07, 6.45) is 5.25. The minimum Gasteiger partial charge on any atom is -0.360 e. The minimum atomic E-state index is -3.43. The van der Waals surface area contributed by atoms with Gasteiger partial charge >= 0.3 is 0 Å². The summed E-state index contributed by atoms with van der Waals surface area (Å²) < 4.78 is 27.6. The average molecular weight is 307 g/mol. The van der Waals surface area contributed by atoms with Gasteiger partial charge in [-0.3, -0.25) is 0 Å². The van der Waals surface area contributed by atoms with Crippen LogP contribution in [0.4, 0.5) is 11.4 Å². The zero-order valence-corrected chi connectivity index (χ0v) is 13.5. The van der Waals surface area contributed by atoms with Crippen molar-refractivity contribution >= 4 is 27.2 Å². The third-order valence-corrected chi connectivity index (χ3v) is 5.17. The highest BCUT2D eigenvalue weighted by atomic mass is 32.2. The first-order valence-corrected chi connectivity index (χ1v) is 9.07. The van der Waals surface area contributed by atoms with Crippen molar-refractivity contribution < 1.29 is 8.42 Å². The van der Waals surface area contributed by atoms with Crippen LogP contribution in [0.2, 0.25) is 0 Å². The Labute approximate surface area is 126 Å². The van der Waals surface area contributed by atoms with Crippen LogP contribution in [0.25, 0.3) is 0 Å². The fourth-order valence-electron chi connectivity index (χ4n) is 3.66. The number of likely N-dealkylation sites (N-methyl/N-ethyl adjacent to an activating group) is 2. The number of sulfonamides is 1. The molecular formula is C15H21N3O2S. The Hall–Kier alpha value is -1.56. The maximum atomic E-state index is 11.8. The van der Waals surface area contributed by atoms with Crippen molar-refractivity contribution in [3.63, 3.8) is 0 Å². The molecule has 1 aromatic carbocycles. The van der Waals surface area contributed by atoms with E-state index in [1.165, 1.54) is 0 Å². The van der Waals surface area contributed by atoms with Gasteiger partial charge in [0.25, 0.3) is 10.0 Å². The van der Waals surface area contributed by atoms with Crippen molar-refractivity contribution in [1.29, 1.82) is 0 Å². The molecule has 3 rings (SSSR count). The van der Waals surface area contributed by atoms with Crippen LogP contribution < -0.4 is 9.80 Å². The van der Waals surface area contributed by atoms with Crippen LogP contribution in [0.5, 0.6) is 0 Å². The second-order valence-corrected chi connectivity index (χ2v) is 7.64. The molecule has 0 N–H and O–H groups in total. The molecule has 0 atom stereocenters. The molecular weight excluding hydrogens is 286 g/mol. The van der Waals surface area contributed by atoms with Crippen molar-refractivity contribution in [1.82, 2.24) is 0 Å². The maximum absolute atomic E-state index is 11.8.